The first-order chi connectivity index (χ1) is 6.20. The Morgan fingerprint density at radius 1 is 1.46 bits per heavy atom. The van der Waals surface area contributed by atoms with Gasteiger partial charge in [0.1, 0.15) is 12.1 Å². The van der Waals surface area contributed by atoms with Crippen molar-refractivity contribution >= 4 is 11.8 Å². The topological polar surface area (TPSA) is 61.4 Å². The van der Waals surface area contributed by atoms with E-state index in [0.717, 1.165) is 6.54 Å². The molecule has 0 aliphatic carbocycles. The fourth-order valence-corrected chi connectivity index (χ4v) is 1.82. The maximum absolute atomic E-state index is 11.6. The Morgan fingerprint density at radius 2 is 2.23 bits per heavy atom. The van der Waals surface area contributed by atoms with Gasteiger partial charge in [-0.25, -0.2) is 0 Å². The third-order valence-corrected chi connectivity index (χ3v) is 2.56. The second-order valence-electron chi connectivity index (χ2n) is 3.48. The van der Waals surface area contributed by atoms with Crippen LogP contribution in [0.4, 0.5) is 0 Å². The minimum absolute atomic E-state index is 0.0334. The number of rotatable bonds is 0. The highest BCUT2D eigenvalue weighted by molar-refractivity contribution is 5.97. The maximum atomic E-state index is 11.6. The Morgan fingerprint density at radius 3 is 3.00 bits per heavy atom. The molecule has 5 nitrogen and oxygen atoms in total. The summed E-state index contributed by atoms with van der Waals surface area (Å²) >= 11 is 0. The highest BCUT2D eigenvalue weighted by atomic mass is 16.2. The van der Waals surface area contributed by atoms with Crippen LogP contribution in [0.2, 0.25) is 0 Å². The molecule has 0 unspecified atom stereocenters. The molecule has 2 rings (SSSR count). The Balaban J connectivity index is 2.19. The molecule has 2 saturated heterocycles. The molecule has 0 radical (unpaired) electrons. The summed E-state index contributed by atoms with van der Waals surface area (Å²) in [6.07, 6.45) is 0. The normalized spacial score (nSPS) is 34.1. The van der Waals surface area contributed by atoms with Gasteiger partial charge in [-0.2, -0.15) is 0 Å². The van der Waals surface area contributed by atoms with Gasteiger partial charge in [-0.05, 0) is 6.92 Å². The van der Waals surface area contributed by atoms with Crippen molar-refractivity contribution in [2.45, 2.75) is 19.0 Å². The molecule has 0 aromatic heterocycles. The smallest absolute Gasteiger partial charge is 0.245 e. The van der Waals surface area contributed by atoms with Crippen molar-refractivity contribution in [3.8, 4) is 0 Å². The van der Waals surface area contributed by atoms with Crippen molar-refractivity contribution in [3.05, 3.63) is 0 Å². The number of piperazine rings is 2. The van der Waals surface area contributed by atoms with Crippen LogP contribution in [0.5, 0.6) is 0 Å². The van der Waals surface area contributed by atoms with Gasteiger partial charge in [0.05, 0.1) is 0 Å². The van der Waals surface area contributed by atoms with Gasteiger partial charge in [-0.15, -0.1) is 0 Å². The largest absolute Gasteiger partial charge is 0.343 e. The molecule has 2 aliphatic heterocycles. The highest BCUT2D eigenvalue weighted by Crippen LogP contribution is 2.11. The van der Waals surface area contributed by atoms with Crippen LogP contribution in [-0.4, -0.2) is 48.4 Å². The van der Waals surface area contributed by atoms with Crippen LogP contribution in [0.25, 0.3) is 0 Å². The van der Waals surface area contributed by atoms with E-state index in [1.807, 2.05) is 0 Å². The van der Waals surface area contributed by atoms with Gasteiger partial charge in [-0.1, -0.05) is 0 Å². The summed E-state index contributed by atoms with van der Waals surface area (Å²) in [6, 6.07) is -0.653. The van der Waals surface area contributed by atoms with Crippen molar-refractivity contribution in [3.63, 3.8) is 0 Å². The van der Waals surface area contributed by atoms with Crippen LogP contribution >= 0.6 is 0 Å². The summed E-state index contributed by atoms with van der Waals surface area (Å²) in [5.74, 6) is -0.00889. The number of nitrogens with zero attached hydrogens (tertiary/aromatic N) is 1. The zero-order valence-electron chi connectivity index (χ0n) is 7.54. The molecule has 72 valence electrons. The van der Waals surface area contributed by atoms with Crippen molar-refractivity contribution in [2.75, 3.05) is 19.6 Å². The van der Waals surface area contributed by atoms with Gasteiger partial charge in [0.25, 0.3) is 0 Å². The second kappa shape index (κ2) is 2.99. The van der Waals surface area contributed by atoms with E-state index < -0.39 is 0 Å². The lowest BCUT2D eigenvalue weighted by molar-refractivity contribution is -0.149. The van der Waals surface area contributed by atoms with Crippen LogP contribution in [0.3, 0.4) is 0 Å². The number of carbonyl (C=O) groups is 2. The van der Waals surface area contributed by atoms with E-state index in [1.165, 1.54) is 0 Å². The predicted molar refractivity (Wildman–Crippen MR) is 46.0 cm³/mol. The molecule has 0 saturated carbocycles. The second-order valence-corrected chi connectivity index (χ2v) is 3.48. The lowest BCUT2D eigenvalue weighted by Crippen LogP contribution is -2.68. The van der Waals surface area contributed by atoms with Crippen molar-refractivity contribution in [2.24, 2.45) is 0 Å². The fraction of sp³-hybridized carbons (Fsp3) is 0.750. The zero-order valence-corrected chi connectivity index (χ0v) is 7.54. The molecule has 2 fully saturated rings. The SMILES string of the molecule is C[C@H]1NC(=O)[C@H]2CNCCN2C1=O. The van der Waals surface area contributed by atoms with Gasteiger partial charge in [0, 0.05) is 19.6 Å². The van der Waals surface area contributed by atoms with E-state index in [0.29, 0.717) is 13.1 Å². The number of nitrogens with one attached hydrogen (secondary N) is 2. The van der Waals surface area contributed by atoms with Crippen LogP contribution in [0, 0.1) is 0 Å². The molecule has 2 N–H and O–H groups in total. The summed E-state index contributed by atoms with van der Waals surface area (Å²) in [4.78, 5) is 24.7. The lowest BCUT2D eigenvalue weighted by atomic mass is 10.1. The number of fused-ring (bicyclic) bond motifs is 1. The minimum atomic E-state index is -0.359. The van der Waals surface area contributed by atoms with Gasteiger partial charge >= 0.3 is 0 Å². The average Bonchev–Trinajstić information content (AvgIpc) is 2.15. The Labute approximate surface area is 76.5 Å². The third kappa shape index (κ3) is 1.29. The van der Waals surface area contributed by atoms with E-state index in [9.17, 15) is 9.59 Å². The standard InChI is InChI=1S/C8H13N3O2/c1-5-8(13)11-3-2-9-4-6(11)7(12)10-5/h5-6,9H,2-4H2,1H3,(H,10,12)/t5-,6-/m1/s1. The summed E-state index contributed by atoms with van der Waals surface area (Å²) in [7, 11) is 0. The number of hydrogen-bond acceptors (Lipinski definition) is 3. The first-order valence-corrected chi connectivity index (χ1v) is 4.52. The zero-order chi connectivity index (χ0) is 9.42. The number of carbonyl (C=O) groups excluding carboxylic acids is 2. The summed E-state index contributed by atoms with van der Waals surface area (Å²) in [5.41, 5.74) is 0. The molecule has 5 heteroatoms. The third-order valence-electron chi connectivity index (χ3n) is 2.56. The number of amides is 2. The summed E-state index contributed by atoms with van der Waals surface area (Å²) in [5, 5.41) is 5.75. The monoisotopic (exact) mass is 183 g/mol. The van der Waals surface area contributed by atoms with E-state index in [-0.39, 0.29) is 23.9 Å². The minimum Gasteiger partial charge on any atom is -0.343 e. The molecular formula is C8H13N3O2. The van der Waals surface area contributed by atoms with Crippen molar-refractivity contribution in [1.82, 2.24) is 15.5 Å². The van der Waals surface area contributed by atoms with Gasteiger partial charge in [-0.3, -0.25) is 9.59 Å². The van der Waals surface area contributed by atoms with E-state index in [1.54, 1.807) is 11.8 Å². The predicted octanol–water partition coefficient (Wildman–Crippen LogP) is -1.69. The molecule has 0 spiro atoms. The van der Waals surface area contributed by atoms with Crippen molar-refractivity contribution in [1.29, 1.82) is 0 Å². The fourth-order valence-electron chi connectivity index (χ4n) is 1.82. The van der Waals surface area contributed by atoms with Gasteiger partial charge in [0.15, 0.2) is 0 Å². The molecule has 0 aromatic carbocycles. The van der Waals surface area contributed by atoms with Gasteiger partial charge in [0.2, 0.25) is 11.8 Å². The molecule has 0 aromatic rings. The highest BCUT2D eigenvalue weighted by Gasteiger charge is 2.39. The molecule has 13 heavy (non-hydrogen) atoms. The quantitative estimate of drug-likeness (QED) is 0.471. The van der Waals surface area contributed by atoms with E-state index >= 15 is 0 Å². The summed E-state index contributed by atoms with van der Waals surface area (Å²) in [6.45, 7) is 3.71. The first kappa shape index (κ1) is 8.50. The van der Waals surface area contributed by atoms with E-state index in [4.69, 9.17) is 0 Å². The van der Waals surface area contributed by atoms with Gasteiger partial charge < -0.3 is 15.5 Å². The Kier molecular flexibility index (Phi) is 1.95. The molecule has 2 aliphatic rings. The van der Waals surface area contributed by atoms with E-state index in [2.05, 4.69) is 10.6 Å². The Bertz CT molecular complexity index is 254. The summed E-state index contributed by atoms with van der Waals surface area (Å²) < 4.78 is 0. The molecule has 0 bridgehead atoms. The molecular weight excluding hydrogens is 170 g/mol. The Hall–Kier alpha value is -1.10. The molecule has 2 atom stereocenters. The lowest BCUT2D eigenvalue weighted by Gasteiger charge is -2.40. The van der Waals surface area contributed by atoms with Crippen molar-refractivity contribution < 1.29 is 9.59 Å². The number of hydrogen-bond donors (Lipinski definition) is 2. The molecule has 2 heterocycles. The van der Waals surface area contributed by atoms with Crippen LogP contribution in [0.15, 0.2) is 0 Å². The average molecular weight is 183 g/mol. The maximum Gasteiger partial charge on any atom is 0.245 e. The molecule has 2 amide bonds. The first-order valence-electron chi connectivity index (χ1n) is 4.52. The van der Waals surface area contributed by atoms with Crippen LogP contribution in [0.1, 0.15) is 6.92 Å². The van der Waals surface area contributed by atoms with Crippen LogP contribution in [-0.2, 0) is 9.59 Å². The van der Waals surface area contributed by atoms with Crippen LogP contribution < -0.4 is 10.6 Å².